The summed E-state index contributed by atoms with van der Waals surface area (Å²) in [7, 11) is 0. The standard InChI is InChI=1S/C16H19N3/c1-3-12(2)19-14(11-17)10-15(18)16(19)9-13-7-5-4-6-8-13/h4-8,10,12H,3,9,18H2,1-2H3/t12-/m1/s1. The van der Waals surface area contributed by atoms with E-state index in [1.165, 1.54) is 5.56 Å². The van der Waals surface area contributed by atoms with Crippen LogP contribution in [-0.4, -0.2) is 4.57 Å². The maximum atomic E-state index is 9.24. The SMILES string of the molecule is CC[C@@H](C)n1c(C#N)cc(N)c1Cc1ccccc1. The van der Waals surface area contributed by atoms with E-state index in [4.69, 9.17) is 5.73 Å². The van der Waals surface area contributed by atoms with E-state index in [0.29, 0.717) is 11.4 Å². The molecule has 3 heteroatoms. The summed E-state index contributed by atoms with van der Waals surface area (Å²) in [6, 6.07) is 14.5. The molecule has 2 N–H and O–H groups in total. The van der Waals surface area contributed by atoms with Gasteiger partial charge >= 0.3 is 0 Å². The van der Waals surface area contributed by atoms with E-state index < -0.39 is 0 Å². The Hall–Kier alpha value is -2.21. The Morgan fingerprint density at radius 2 is 2.00 bits per heavy atom. The van der Waals surface area contributed by atoms with Crippen LogP contribution in [0.2, 0.25) is 0 Å². The number of nitriles is 1. The highest BCUT2D eigenvalue weighted by Crippen LogP contribution is 2.26. The first-order valence-electron chi connectivity index (χ1n) is 6.61. The third kappa shape index (κ3) is 2.63. The number of hydrogen-bond donors (Lipinski definition) is 1. The first-order valence-corrected chi connectivity index (χ1v) is 6.61. The van der Waals surface area contributed by atoms with E-state index in [9.17, 15) is 5.26 Å². The van der Waals surface area contributed by atoms with Gasteiger partial charge in [-0.3, -0.25) is 0 Å². The molecule has 1 aromatic carbocycles. The third-order valence-electron chi connectivity index (χ3n) is 3.54. The zero-order valence-electron chi connectivity index (χ0n) is 11.4. The average Bonchev–Trinajstić information content (AvgIpc) is 2.76. The zero-order chi connectivity index (χ0) is 13.8. The van der Waals surface area contributed by atoms with Crippen LogP contribution >= 0.6 is 0 Å². The number of anilines is 1. The summed E-state index contributed by atoms with van der Waals surface area (Å²) in [6.07, 6.45) is 1.74. The van der Waals surface area contributed by atoms with Gasteiger partial charge in [0.1, 0.15) is 11.8 Å². The minimum atomic E-state index is 0.283. The topological polar surface area (TPSA) is 54.7 Å². The van der Waals surface area contributed by atoms with Gasteiger partial charge in [0.25, 0.3) is 0 Å². The summed E-state index contributed by atoms with van der Waals surface area (Å²) in [5, 5.41) is 9.24. The molecular weight excluding hydrogens is 234 g/mol. The Labute approximate surface area is 114 Å². The van der Waals surface area contributed by atoms with Gasteiger partial charge in [0, 0.05) is 18.2 Å². The molecule has 1 aromatic heterocycles. The Morgan fingerprint density at radius 1 is 1.32 bits per heavy atom. The lowest BCUT2D eigenvalue weighted by Crippen LogP contribution is -2.11. The van der Waals surface area contributed by atoms with Crippen molar-refractivity contribution in [1.82, 2.24) is 4.57 Å². The van der Waals surface area contributed by atoms with Crippen molar-refractivity contribution in [3.8, 4) is 6.07 Å². The Morgan fingerprint density at radius 3 is 2.58 bits per heavy atom. The lowest BCUT2D eigenvalue weighted by atomic mass is 10.1. The van der Waals surface area contributed by atoms with Gasteiger partial charge in [-0.25, -0.2) is 0 Å². The molecule has 0 bridgehead atoms. The third-order valence-corrected chi connectivity index (χ3v) is 3.54. The van der Waals surface area contributed by atoms with Gasteiger partial charge < -0.3 is 10.3 Å². The number of rotatable bonds is 4. The number of nitrogen functional groups attached to an aromatic ring is 1. The van der Waals surface area contributed by atoms with Gasteiger partial charge in [-0.05, 0) is 25.0 Å². The molecule has 1 heterocycles. The van der Waals surface area contributed by atoms with Crippen molar-refractivity contribution in [3.63, 3.8) is 0 Å². The number of nitrogens with zero attached hydrogens (tertiary/aromatic N) is 2. The van der Waals surface area contributed by atoms with Crippen LogP contribution < -0.4 is 5.73 Å². The van der Waals surface area contributed by atoms with Gasteiger partial charge in [-0.15, -0.1) is 0 Å². The Bertz CT molecular complexity index is 590. The van der Waals surface area contributed by atoms with Crippen molar-refractivity contribution in [2.75, 3.05) is 5.73 Å². The summed E-state index contributed by atoms with van der Waals surface area (Å²) in [5.41, 5.74) is 9.69. The molecule has 2 rings (SSSR count). The number of nitrogens with two attached hydrogens (primary N) is 1. The highest BCUT2D eigenvalue weighted by molar-refractivity contribution is 5.52. The second kappa shape index (κ2) is 5.62. The highest BCUT2D eigenvalue weighted by atomic mass is 15.0. The fourth-order valence-electron chi connectivity index (χ4n) is 2.33. The Balaban J connectivity index is 2.45. The van der Waals surface area contributed by atoms with Crippen molar-refractivity contribution in [1.29, 1.82) is 5.26 Å². The zero-order valence-corrected chi connectivity index (χ0v) is 11.4. The predicted octanol–water partition coefficient (Wildman–Crippen LogP) is 3.50. The van der Waals surface area contributed by atoms with E-state index in [1.807, 2.05) is 18.2 Å². The molecule has 0 radical (unpaired) electrons. The van der Waals surface area contributed by atoms with Crippen molar-refractivity contribution in [3.05, 3.63) is 53.3 Å². The van der Waals surface area contributed by atoms with E-state index >= 15 is 0 Å². The normalized spacial score (nSPS) is 12.1. The summed E-state index contributed by atoms with van der Waals surface area (Å²) in [6.45, 7) is 4.24. The minimum absolute atomic E-state index is 0.283. The molecule has 0 amide bonds. The van der Waals surface area contributed by atoms with E-state index in [1.54, 1.807) is 6.07 Å². The molecule has 2 aromatic rings. The summed E-state index contributed by atoms with van der Waals surface area (Å²) in [5.74, 6) is 0. The molecule has 0 fully saturated rings. The van der Waals surface area contributed by atoms with E-state index in [2.05, 4.69) is 36.6 Å². The number of hydrogen-bond acceptors (Lipinski definition) is 2. The second-order valence-electron chi connectivity index (χ2n) is 4.83. The van der Waals surface area contributed by atoms with Crippen molar-refractivity contribution < 1.29 is 0 Å². The molecule has 0 saturated heterocycles. The molecule has 19 heavy (non-hydrogen) atoms. The summed E-state index contributed by atoms with van der Waals surface area (Å²) < 4.78 is 2.07. The lowest BCUT2D eigenvalue weighted by Gasteiger charge is -2.17. The smallest absolute Gasteiger partial charge is 0.122 e. The summed E-state index contributed by atoms with van der Waals surface area (Å²) >= 11 is 0. The molecule has 0 aliphatic rings. The van der Waals surface area contributed by atoms with Gasteiger partial charge in [0.05, 0.1) is 5.69 Å². The fourth-order valence-corrected chi connectivity index (χ4v) is 2.33. The van der Waals surface area contributed by atoms with Crippen molar-refractivity contribution in [2.45, 2.75) is 32.7 Å². The maximum absolute atomic E-state index is 9.24. The predicted molar refractivity (Wildman–Crippen MR) is 77.8 cm³/mol. The van der Waals surface area contributed by atoms with E-state index in [0.717, 1.165) is 18.5 Å². The van der Waals surface area contributed by atoms with Crippen LogP contribution in [0.1, 0.15) is 43.3 Å². The number of benzene rings is 1. The van der Waals surface area contributed by atoms with Crippen LogP contribution in [0.25, 0.3) is 0 Å². The summed E-state index contributed by atoms with van der Waals surface area (Å²) in [4.78, 5) is 0. The van der Waals surface area contributed by atoms with Gasteiger partial charge in [-0.2, -0.15) is 5.26 Å². The van der Waals surface area contributed by atoms with Crippen LogP contribution in [0, 0.1) is 11.3 Å². The highest BCUT2D eigenvalue weighted by Gasteiger charge is 2.16. The molecule has 0 aliphatic carbocycles. The molecule has 0 saturated carbocycles. The molecule has 98 valence electrons. The molecule has 0 unspecified atom stereocenters. The number of aromatic nitrogens is 1. The molecular formula is C16H19N3. The van der Waals surface area contributed by atoms with E-state index in [-0.39, 0.29) is 6.04 Å². The maximum Gasteiger partial charge on any atom is 0.122 e. The van der Waals surface area contributed by atoms with Crippen LogP contribution in [0.3, 0.4) is 0 Å². The van der Waals surface area contributed by atoms with Gasteiger partial charge in [0.15, 0.2) is 0 Å². The monoisotopic (exact) mass is 253 g/mol. The lowest BCUT2D eigenvalue weighted by molar-refractivity contribution is 0.514. The van der Waals surface area contributed by atoms with Crippen molar-refractivity contribution >= 4 is 5.69 Å². The minimum Gasteiger partial charge on any atom is -0.397 e. The molecule has 0 aliphatic heterocycles. The average molecular weight is 253 g/mol. The van der Waals surface area contributed by atoms with Crippen LogP contribution in [0.4, 0.5) is 5.69 Å². The van der Waals surface area contributed by atoms with Crippen LogP contribution in [0.15, 0.2) is 36.4 Å². The molecule has 0 spiro atoms. The molecule has 1 atom stereocenters. The largest absolute Gasteiger partial charge is 0.397 e. The molecule has 3 nitrogen and oxygen atoms in total. The fraction of sp³-hybridized carbons (Fsp3) is 0.312. The first-order chi connectivity index (χ1) is 9.17. The van der Waals surface area contributed by atoms with Gasteiger partial charge in [0.2, 0.25) is 0 Å². The van der Waals surface area contributed by atoms with Gasteiger partial charge in [-0.1, -0.05) is 37.3 Å². The van der Waals surface area contributed by atoms with Crippen LogP contribution in [-0.2, 0) is 6.42 Å². The second-order valence-corrected chi connectivity index (χ2v) is 4.83. The Kier molecular flexibility index (Phi) is 3.91. The van der Waals surface area contributed by atoms with Crippen molar-refractivity contribution in [2.24, 2.45) is 0 Å². The first kappa shape index (κ1) is 13.2. The van der Waals surface area contributed by atoms with Crippen LogP contribution in [0.5, 0.6) is 0 Å². The quantitative estimate of drug-likeness (QED) is 0.906.